The standard InChI is InChI=1S/C27H32N6O4S/c28-26(29)21-10-8-19(9-11-21)16-24(27(35)33-14-4-1-5-15-33)31-25(34)18-30-32-38(36,37)23-13-12-20-6-2-3-7-22(20)17-23/h2-3,6-13,17,24,30,32H,1,4-5,14-16,18H2,(H3,28,29)(H,31,34)/t24-/m1/s1. The zero-order valence-corrected chi connectivity index (χ0v) is 21.8. The van der Waals surface area contributed by atoms with E-state index in [4.69, 9.17) is 11.1 Å². The van der Waals surface area contributed by atoms with Gasteiger partial charge in [0.1, 0.15) is 11.9 Å². The number of hydrogen-bond donors (Lipinski definition) is 5. The molecule has 2 amide bonds. The molecule has 38 heavy (non-hydrogen) atoms. The molecule has 4 rings (SSSR count). The van der Waals surface area contributed by atoms with E-state index in [0.717, 1.165) is 35.6 Å². The highest BCUT2D eigenvalue weighted by Gasteiger charge is 2.27. The number of nitrogens with zero attached hydrogens (tertiary/aromatic N) is 1. The Hall–Kier alpha value is -3.80. The zero-order chi connectivity index (χ0) is 27.1. The van der Waals surface area contributed by atoms with Crippen LogP contribution in [0.25, 0.3) is 10.8 Å². The van der Waals surface area contributed by atoms with E-state index in [1.165, 1.54) is 6.07 Å². The lowest BCUT2D eigenvalue weighted by molar-refractivity contribution is -0.137. The smallest absolute Gasteiger partial charge is 0.253 e. The summed E-state index contributed by atoms with van der Waals surface area (Å²) in [7, 11) is -3.91. The molecule has 0 bridgehead atoms. The summed E-state index contributed by atoms with van der Waals surface area (Å²) in [5, 5.41) is 12.0. The molecular weight excluding hydrogens is 504 g/mol. The lowest BCUT2D eigenvalue weighted by Gasteiger charge is -2.31. The second kappa shape index (κ2) is 12.2. The Bertz CT molecular complexity index is 1420. The summed E-state index contributed by atoms with van der Waals surface area (Å²) in [4.78, 5) is 30.1. The maximum atomic E-state index is 13.3. The number of carbonyl (C=O) groups is 2. The molecule has 10 nitrogen and oxygen atoms in total. The maximum absolute atomic E-state index is 13.3. The molecule has 1 aliphatic rings. The van der Waals surface area contributed by atoms with Crippen molar-refractivity contribution >= 4 is 38.4 Å². The number of piperidine rings is 1. The van der Waals surface area contributed by atoms with Crippen LogP contribution in [0, 0.1) is 5.41 Å². The van der Waals surface area contributed by atoms with E-state index in [1.54, 1.807) is 41.3 Å². The Morgan fingerprint density at radius 3 is 2.32 bits per heavy atom. The van der Waals surface area contributed by atoms with E-state index < -0.39 is 22.0 Å². The minimum atomic E-state index is -3.91. The lowest BCUT2D eigenvalue weighted by Crippen LogP contribution is -2.53. The van der Waals surface area contributed by atoms with Gasteiger partial charge in [0.2, 0.25) is 11.8 Å². The summed E-state index contributed by atoms with van der Waals surface area (Å²) in [6.07, 6.45) is 3.15. The molecule has 11 heteroatoms. The van der Waals surface area contributed by atoms with Gasteiger partial charge in [-0.2, -0.15) is 0 Å². The summed E-state index contributed by atoms with van der Waals surface area (Å²) in [5.41, 5.74) is 9.36. The summed E-state index contributed by atoms with van der Waals surface area (Å²) < 4.78 is 25.4. The summed E-state index contributed by atoms with van der Waals surface area (Å²) in [6.45, 7) is 0.913. The van der Waals surface area contributed by atoms with Crippen molar-refractivity contribution in [2.24, 2.45) is 5.73 Å². The molecule has 0 saturated carbocycles. The van der Waals surface area contributed by atoms with Crippen molar-refractivity contribution in [3.63, 3.8) is 0 Å². The Labute approximate surface area is 222 Å². The average molecular weight is 537 g/mol. The van der Waals surface area contributed by atoms with Crippen molar-refractivity contribution in [2.75, 3.05) is 19.6 Å². The SMILES string of the molecule is N=C(N)c1ccc(C[C@@H](NC(=O)CNNS(=O)(=O)c2ccc3ccccc3c2)C(=O)N2CCCCC2)cc1. The fourth-order valence-corrected chi connectivity index (χ4v) is 5.35. The van der Waals surface area contributed by atoms with Crippen LogP contribution < -0.4 is 21.3 Å². The van der Waals surface area contributed by atoms with E-state index in [1.807, 2.05) is 24.3 Å². The van der Waals surface area contributed by atoms with Gasteiger partial charge in [0.25, 0.3) is 10.0 Å². The number of hydrazine groups is 1. The molecule has 1 heterocycles. The summed E-state index contributed by atoms with van der Waals surface area (Å²) in [5.74, 6) is -0.754. The van der Waals surface area contributed by atoms with Crippen LogP contribution in [-0.4, -0.2) is 56.6 Å². The second-order valence-electron chi connectivity index (χ2n) is 9.29. The topological polar surface area (TPSA) is 157 Å². The quantitative estimate of drug-likeness (QED) is 0.151. The predicted octanol–water partition coefficient (Wildman–Crippen LogP) is 1.65. The van der Waals surface area contributed by atoms with Gasteiger partial charge < -0.3 is 16.0 Å². The van der Waals surface area contributed by atoms with Crippen LogP contribution >= 0.6 is 0 Å². The molecule has 1 aliphatic heterocycles. The number of fused-ring (bicyclic) bond motifs is 1. The molecule has 3 aromatic carbocycles. The van der Waals surface area contributed by atoms with Crippen molar-refractivity contribution < 1.29 is 18.0 Å². The van der Waals surface area contributed by atoms with Gasteiger partial charge >= 0.3 is 0 Å². The van der Waals surface area contributed by atoms with Gasteiger partial charge in [-0.3, -0.25) is 15.0 Å². The number of nitrogens with two attached hydrogens (primary N) is 1. The summed E-state index contributed by atoms with van der Waals surface area (Å²) in [6, 6.07) is 18.3. The predicted molar refractivity (Wildman–Crippen MR) is 146 cm³/mol. The van der Waals surface area contributed by atoms with Crippen molar-refractivity contribution in [3.8, 4) is 0 Å². The third-order valence-corrected chi connectivity index (χ3v) is 7.78. The highest BCUT2D eigenvalue weighted by Crippen LogP contribution is 2.18. The first kappa shape index (κ1) is 27.2. The molecule has 6 N–H and O–H groups in total. The number of nitrogens with one attached hydrogen (secondary N) is 4. The molecule has 0 radical (unpaired) electrons. The van der Waals surface area contributed by atoms with Gasteiger partial charge in [-0.05, 0) is 47.7 Å². The first-order valence-corrected chi connectivity index (χ1v) is 14.0. The van der Waals surface area contributed by atoms with Crippen molar-refractivity contribution in [1.82, 2.24) is 20.5 Å². The molecule has 1 fully saturated rings. The first-order valence-electron chi connectivity index (χ1n) is 12.5. The van der Waals surface area contributed by atoms with Crippen LogP contribution in [0.5, 0.6) is 0 Å². The van der Waals surface area contributed by atoms with E-state index >= 15 is 0 Å². The van der Waals surface area contributed by atoms with Crippen LogP contribution in [0.1, 0.15) is 30.4 Å². The Balaban J connectivity index is 1.39. The van der Waals surface area contributed by atoms with Crippen molar-refractivity contribution in [2.45, 2.75) is 36.6 Å². The third-order valence-electron chi connectivity index (χ3n) is 6.49. The number of sulfonamides is 1. The third kappa shape index (κ3) is 6.94. The van der Waals surface area contributed by atoms with Gasteiger partial charge in [-0.25, -0.2) is 13.8 Å². The highest BCUT2D eigenvalue weighted by molar-refractivity contribution is 7.89. The number of amides is 2. The lowest BCUT2D eigenvalue weighted by atomic mass is 10.0. The molecule has 0 unspecified atom stereocenters. The Morgan fingerprint density at radius 2 is 1.63 bits per heavy atom. The van der Waals surface area contributed by atoms with E-state index in [2.05, 4.69) is 15.6 Å². The molecule has 3 aromatic rings. The number of nitrogen functional groups attached to an aromatic ring is 1. The van der Waals surface area contributed by atoms with E-state index in [9.17, 15) is 18.0 Å². The number of amidine groups is 1. The van der Waals surface area contributed by atoms with Gasteiger partial charge in [0, 0.05) is 25.1 Å². The van der Waals surface area contributed by atoms with Crippen LogP contribution in [0.15, 0.2) is 71.6 Å². The number of benzene rings is 3. The van der Waals surface area contributed by atoms with E-state index in [-0.39, 0.29) is 29.6 Å². The van der Waals surface area contributed by atoms with Crippen LogP contribution in [-0.2, 0) is 26.0 Å². The van der Waals surface area contributed by atoms with Gasteiger partial charge in [0.15, 0.2) is 0 Å². The van der Waals surface area contributed by atoms with Crippen molar-refractivity contribution in [1.29, 1.82) is 5.41 Å². The normalized spacial score (nSPS) is 14.7. The molecule has 0 spiro atoms. The first-order chi connectivity index (χ1) is 18.2. The zero-order valence-electron chi connectivity index (χ0n) is 20.9. The van der Waals surface area contributed by atoms with Gasteiger partial charge in [-0.15, -0.1) is 4.83 Å². The summed E-state index contributed by atoms with van der Waals surface area (Å²) >= 11 is 0. The van der Waals surface area contributed by atoms with Crippen LogP contribution in [0.2, 0.25) is 0 Å². The number of likely N-dealkylation sites (tertiary alicyclic amines) is 1. The highest BCUT2D eigenvalue weighted by atomic mass is 32.2. The molecule has 200 valence electrons. The van der Waals surface area contributed by atoms with E-state index in [0.29, 0.717) is 18.7 Å². The molecule has 1 saturated heterocycles. The molecular formula is C27H32N6O4S. The minimum Gasteiger partial charge on any atom is -0.384 e. The van der Waals surface area contributed by atoms with Gasteiger partial charge in [0.05, 0.1) is 11.4 Å². The minimum absolute atomic E-state index is 0.0528. The largest absolute Gasteiger partial charge is 0.384 e. The molecule has 1 atom stereocenters. The number of hydrogen-bond acceptors (Lipinski definition) is 6. The second-order valence-corrected chi connectivity index (χ2v) is 11.0. The Morgan fingerprint density at radius 1 is 0.947 bits per heavy atom. The van der Waals surface area contributed by atoms with Gasteiger partial charge in [-0.1, -0.05) is 54.6 Å². The fraction of sp³-hybridized carbons (Fsp3) is 0.296. The molecule has 0 aromatic heterocycles. The Kier molecular flexibility index (Phi) is 8.72. The van der Waals surface area contributed by atoms with Crippen LogP contribution in [0.3, 0.4) is 0 Å². The average Bonchev–Trinajstić information content (AvgIpc) is 2.92. The number of rotatable bonds is 10. The molecule has 0 aliphatic carbocycles. The monoisotopic (exact) mass is 536 g/mol. The fourth-order valence-electron chi connectivity index (χ4n) is 4.44. The number of carbonyl (C=O) groups excluding carboxylic acids is 2. The maximum Gasteiger partial charge on any atom is 0.253 e. The van der Waals surface area contributed by atoms with Crippen molar-refractivity contribution in [3.05, 3.63) is 77.9 Å². The van der Waals surface area contributed by atoms with Crippen LogP contribution in [0.4, 0.5) is 0 Å².